The summed E-state index contributed by atoms with van der Waals surface area (Å²) in [5, 5.41) is 6.25. The summed E-state index contributed by atoms with van der Waals surface area (Å²) in [7, 11) is 1.60. The number of carbonyl (C=O) groups excluding carboxylic acids is 2. The lowest BCUT2D eigenvalue weighted by Gasteiger charge is -2.37. The van der Waals surface area contributed by atoms with Crippen LogP contribution in [0.3, 0.4) is 0 Å². The van der Waals surface area contributed by atoms with Crippen molar-refractivity contribution in [1.29, 1.82) is 0 Å². The fraction of sp³-hybridized carbons (Fsp3) is 0.375. The van der Waals surface area contributed by atoms with Crippen LogP contribution in [0.2, 0.25) is 0 Å². The Balaban J connectivity index is 1.32. The van der Waals surface area contributed by atoms with E-state index in [1.807, 2.05) is 24.3 Å². The quantitative estimate of drug-likeness (QED) is 0.415. The van der Waals surface area contributed by atoms with Gasteiger partial charge in [0.2, 0.25) is 0 Å². The van der Waals surface area contributed by atoms with Crippen LogP contribution in [-0.4, -0.2) is 56.0 Å². The molecule has 3 aromatic rings. The monoisotopic (exact) mass is 526 g/mol. The Bertz CT molecular complexity index is 1250. The van der Waals surface area contributed by atoms with Crippen LogP contribution >= 0.6 is 0 Å². The summed E-state index contributed by atoms with van der Waals surface area (Å²) in [6.45, 7) is 4.46. The van der Waals surface area contributed by atoms with Crippen molar-refractivity contribution in [3.05, 3.63) is 89.5 Å². The summed E-state index contributed by atoms with van der Waals surface area (Å²) in [6, 6.07) is 23.4. The highest BCUT2D eigenvalue weighted by atomic mass is 16.5. The molecule has 5 rings (SSSR count). The molecular formula is C32H38N4O3. The number of hydrogen-bond acceptors (Lipinski definition) is 5. The van der Waals surface area contributed by atoms with E-state index < -0.39 is 0 Å². The van der Waals surface area contributed by atoms with Crippen LogP contribution < -0.4 is 20.3 Å². The van der Waals surface area contributed by atoms with Crippen molar-refractivity contribution in [2.75, 3.05) is 43.5 Å². The second-order valence-corrected chi connectivity index (χ2v) is 10.5. The number of rotatable bonds is 8. The van der Waals surface area contributed by atoms with Crippen molar-refractivity contribution in [1.82, 2.24) is 10.2 Å². The van der Waals surface area contributed by atoms with E-state index in [2.05, 4.69) is 44.7 Å². The fourth-order valence-corrected chi connectivity index (χ4v) is 5.52. The van der Waals surface area contributed by atoms with Gasteiger partial charge in [0, 0.05) is 55.7 Å². The minimum atomic E-state index is -0.224. The number of carbonyl (C=O) groups is 2. The summed E-state index contributed by atoms with van der Waals surface area (Å²) in [4.78, 5) is 31.3. The third-order valence-corrected chi connectivity index (χ3v) is 7.75. The topological polar surface area (TPSA) is 73.9 Å². The normalized spacial score (nSPS) is 16.5. The Hall–Kier alpha value is -3.84. The van der Waals surface area contributed by atoms with Crippen molar-refractivity contribution in [3.8, 4) is 5.75 Å². The largest absolute Gasteiger partial charge is 0.497 e. The van der Waals surface area contributed by atoms with Crippen LogP contribution in [0.15, 0.2) is 72.8 Å². The number of ether oxygens (including phenoxy) is 1. The molecule has 2 amide bonds. The Morgan fingerprint density at radius 2 is 1.56 bits per heavy atom. The Morgan fingerprint density at radius 3 is 2.26 bits per heavy atom. The van der Waals surface area contributed by atoms with Gasteiger partial charge in [-0.2, -0.15) is 0 Å². The van der Waals surface area contributed by atoms with Gasteiger partial charge in [0.1, 0.15) is 5.75 Å². The van der Waals surface area contributed by atoms with Crippen LogP contribution in [0.1, 0.15) is 58.4 Å². The van der Waals surface area contributed by atoms with E-state index >= 15 is 0 Å². The molecule has 0 unspecified atom stereocenters. The number of nitrogens with zero attached hydrogens (tertiary/aromatic N) is 2. The second-order valence-electron chi connectivity index (χ2n) is 10.5. The number of amides is 2. The van der Waals surface area contributed by atoms with Gasteiger partial charge < -0.3 is 20.3 Å². The van der Waals surface area contributed by atoms with Crippen LogP contribution in [0.4, 0.5) is 11.4 Å². The van der Waals surface area contributed by atoms with Gasteiger partial charge in [-0.1, -0.05) is 49.6 Å². The molecule has 204 valence electrons. The highest BCUT2D eigenvalue weighted by Gasteiger charge is 2.24. The zero-order valence-electron chi connectivity index (χ0n) is 22.7. The predicted octanol–water partition coefficient (Wildman–Crippen LogP) is 5.33. The average Bonchev–Trinajstić information content (AvgIpc) is 2.98. The molecule has 0 atom stereocenters. The summed E-state index contributed by atoms with van der Waals surface area (Å²) < 4.78 is 5.19. The number of methoxy groups -OCH3 is 1. The van der Waals surface area contributed by atoms with Crippen molar-refractivity contribution in [3.63, 3.8) is 0 Å². The first kappa shape index (κ1) is 26.8. The van der Waals surface area contributed by atoms with Crippen LogP contribution in [0.25, 0.3) is 0 Å². The van der Waals surface area contributed by atoms with Gasteiger partial charge in [0.15, 0.2) is 0 Å². The molecule has 0 spiro atoms. The van der Waals surface area contributed by atoms with Gasteiger partial charge in [-0.05, 0) is 60.9 Å². The van der Waals surface area contributed by atoms with Gasteiger partial charge in [0.05, 0.1) is 12.7 Å². The maximum Gasteiger partial charge on any atom is 0.255 e. The lowest BCUT2D eigenvalue weighted by molar-refractivity contribution is 0.0927. The molecule has 7 nitrogen and oxygen atoms in total. The predicted molar refractivity (Wildman–Crippen MR) is 156 cm³/mol. The van der Waals surface area contributed by atoms with E-state index in [-0.39, 0.29) is 17.9 Å². The van der Waals surface area contributed by atoms with E-state index in [9.17, 15) is 9.59 Å². The zero-order chi connectivity index (χ0) is 27.0. The van der Waals surface area contributed by atoms with Crippen LogP contribution in [0, 0.1) is 0 Å². The maximum absolute atomic E-state index is 13.6. The maximum atomic E-state index is 13.6. The Labute approximate surface area is 231 Å². The molecule has 1 heterocycles. The van der Waals surface area contributed by atoms with E-state index in [4.69, 9.17) is 4.74 Å². The molecule has 1 saturated heterocycles. The number of benzene rings is 3. The first-order valence-electron chi connectivity index (χ1n) is 14.0. The third kappa shape index (κ3) is 6.98. The number of piperazine rings is 1. The number of hydrogen-bond donors (Lipinski definition) is 2. The summed E-state index contributed by atoms with van der Waals surface area (Å²) in [5.74, 6) is 0.407. The minimum absolute atomic E-state index is 0.0656. The first-order valence-corrected chi connectivity index (χ1v) is 14.0. The van der Waals surface area contributed by atoms with Crippen molar-refractivity contribution in [2.45, 2.75) is 44.7 Å². The summed E-state index contributed by atoms with van der Waals surface area (Å²) >= 11 is 0. The third-order valence-electron chi connectivity index (χ3n) is 7.75. The second kappa shape index (κ2) is 12.8. The van der Waals surface area contributed by atoms with Gasteiger partial charge >= 0.3 is 0 Å². The minimum Gasteiger partial charge on any atom is -0.497 e. The molecule has 1 saturated carbocycles. The summed E-state index contributed by atoms with van der Waals surface area (Å²) in [6.07, 6.45) is 5.58. The Morgan fingerprint density at radius 1 is 0.846 bits per heavy atom. The molecule has 0 aromatic heterocycles. The smallest absolute Gasteiger partial charge is 0.255 e. The van der Waals surface area contributed by atoms with Crippen molar-refractivity contribution in [2.24, 2.45) is 0 Å². The molecule has 1 aliphatic carbocycles. The van der Waals surface area contributed by atoms with E-state index in [1.54, 1.807) is 31.4 Å². The highest BCUT2D eigenvalue weighted by Crippen LogP contribution is 2.28. The fourth-order valence-electron chi connectivity index (χ4n) is 5.52. The molecule has 39 heavy (non-hydrogen) atoms. The molecular weight excluding hydrogens is 488 g/mol. The standard InChI is InChI=1S/C32H38N4O3/c1-39-28-15-12-25(13-16-28)31(37)34-27-14-17-30(29(22-27)32(38)33-26-10-6-3-7-11-26)36-20-18-35(19-21-36)23-24-8-4-2-5-9-24/h2,4-5,8-9,12-17,22,26H,3,6-7,10-11,18-21,23H2,1H3,(H,33,38)(H,34,37). The van der Waals surface area contributed by atoms with E-state index in [1.165, 1.54) is 12.0 Å². The number of nitrogens with one attached hydrogen (secondary N) is 2. The lowest BCUT2D eigenvalue weighted by Crippen LogP contribution is -2.46. The molecule has 2 fully saturated rings. The van der Waals surface area contributed by atoms with Crippen molar-refractivity contribution < 1.29 is 14.3 Å². The Kier molecular flexibility index (Phi) is 8.78. The molecule has 1 aliphatic heterocycles. The number of anilines is 2. The molecule has 7 heteroatoms. The van der Waals surface area contributed by atoms with Gasteiger partial charge in [-0.25, -0.2) is 0 Å². The van der Waals surface area contributed by atoms with E-state index in [0.717, 1.165) is 64.1 Å². The highest BCUT2D eigenvalue weighted by molar-refractivity contribution is 6.06. The average molecular weight is 527 g/mol. The molecule has 0 bridgehead atoms. The molecule has 2 aliphatic rings. The molecule has 3 aromatic carbocycles. The SMILES string of the molecule is COc1ccc(C(=O)Nc2ccc(N3CCN(Cc4ccccc4)CC3)c(C(=O)NC3CCCCC3)c2)cc1. The molecule has 0 radical (unpaired) electrons. The zero-order valence-corrected chi connectivity index (χ0v) is 22.7. The van der Waals surface area contributed by atoms with Gasteiger partial charge in [0.25, 0.3) is 11.8 Å². The van der Waals surface area contributed by atoms with Crippen LogP contribution in [0.5, 0.6) is 5.75 Å². The van der Waals surface area contributed by atoms with Crippen LogP contribution in [-0.2, 0) is 6.54 Å². The first-order chi connectivity index (χ1) is 19.1. The van der Waals surface area contributed by atoms with Gasteiger partial charge in [-0.3, -0.25) is 14.5 Å². The van der Waals surface area contributed by atoms with Crippen molar-refractivity contribution >= 4 is 23.2 Å². The summed E-state index contributed by atoms with van der Waals surface area (Å²) in [5.41, 5.74) is 3.99. The van der Waals surface area contributed by atoms with Gasteiger partial charge in [-0.15, -0.1) is 0 Å². The lowest BCUT2D eigenvalue weighted by atomic mass is 9.95. The van der Waals surface area contributed by atoms with E-state index in [0.29, 0.717) is 22.6 Å². The molecule has 2 N–H and O–H groups in total.